The first-order chi connectivity index (χ1) is 17.4. The van der Waals surface area contributed by atoms with Crippen LogP contribution in [0.4, 0.5) is 26.4 Å². The van der Waals surface area contributed by atoms with Crippen molar-refractivity contribution in [3.05, 3.63) is 70.9 Å². The molecule has 2 amide bonds. The highest BCUT2D eigenvalue weighted by atomic mass is 35.5. The zero-order valence-electron chi connectivity index (χ0n) is 19.6. The summed E-state index contributed by atoms with van der Waals surface area (Å²) >= 11 is 6.03. The Hall–Kier alpha value is -3.73. The topological polar surface area (TPSA) is 110 Å². The van der Waals surface area contributed by atoms with Gasteiger partial charge in [-0.25, -0.2) is 18.7 Å². The Morgan fingerprint density at radius 3 is 2.72 bits per heavy atom. The van der Waals surface area contributed by atoms with Crippen LogP contribution < -0.4 is 16.4 Å². The van der Waals surface area contributed by atoms with Crippen molar-refractivity contribution in [2.45, 2.75) is 13.5 Å². The summed E-state index contributed by atoms with van der Waals surface area (Å²) in [6.45, 7) is 5.47. The van der Waals surface area contributed by atoms with Crippen LogP contribution in [0, 0.1) is 12.7 Å². The molecule has 0 bridgehead atoms. The minimum Gasteiger partial charge on any atom is -0.382 e. The second-order valence-electron chi connectivity index (χ2n) is 8.58. The molecule has 36 heavy (non-hydrogen) atoms. The Balaban J connectivity index is 1.39. The van der Waals surface area contributed by atoms with Crippen LogP contribution in [0.15, 0.2) is 48.8 Å². The van der Waals surface area contributed by atoms with Gasteiger partial charge in [0.25, 0.3) is 0 Å². The largest absolute Gasteiger partial charge is 0.382 e. The third-order valence-electron chi connectivity index (χ3n) is 6.09. The van der Waals surface area contributed by atoms with Gasteiger partial charge in [-0.15, -0.1) is 0 Å². The Morgan fingerprint density at radius 1 is 1.17 bits per heavy atom. The molecule has 1 saturated heterocycles. The van der Waals surface area contributed by atoms with Gasteiger partial charge in [0.2, 0.25) is 0 Å². The van der Waals surface area contributed by atoms with Gasteiger partial charge in [0.1, 0.15) is 17.7 Å². The number of rotatable bonds is 5. The minimum absolute atomic E-state index is 0.0446. The van der Waals surface area contributed by atoms with E-state index < -0.39 is 11.8 Å². The zero-order valence-corrected chi connectivity index (χ0v) is 20.3. The summed E-state index contributed by atoms with van der Waals surface area (Å²) in [5, 5.41) is 10.2. The molecule has 0 saturated carbocycles. The third-order valence-corrected chi connectivity index (χ3v) is 6.51. The van der Waals surface area contributed by atoms with Crippen molar-refractivity contribution in [1.82, 2.24) is 19.5 Å². The molecule has 9 nitrogen and oxygen atoms in total. The number of nitrogens with two attached hydrogens (primary N) is 1. The van der Waals surface area contributed by atoms with Crippen molar-refractivity contribution in [1.29, 1.82) is 0 Å². The van der Waals surface area contributed by atoms with Gasteiger partial charge in [-0.1, -0.05) is 17.7 Å². The van der Waals surface area contributed by atoms with E-state index in [1.807, 2.05) is 13.0 Å². The lowest BCUT2D eigenvalue weighted by molar-refractivity contribution is 0.0334. The molecule has 0 atom stereocenters. The molecule has 0 radical (unpaired) electrons. The fourth-order valence-corrected chi connectivity index (χ4v) is 4.36. The standard InChI is InChI=1S/C25H25ClFN7O2/c1-15-10-17(3-4-20(15)26)31-25(35)32-22-5-2-16(11-21(22)27)19-12-18(13-33-6-8-36-9-7-33)34-23(19)24(28)29-14-30-34/h2-5,10-12,14H,6-9,13H2,1H3,(H2,28,29,30)(H2,31,32,35). The van der Waals surface area contributed by atoms with Crippen molar-refractivity contribution in [2.75, 3.05) is 42.7 Å². The van der Waals surface area contributed by atoms with Crippen molar-refractivity contribution < 1.29 is 13.9 Å². The van der Waals surface area contributed by atoms with E-state index in [0.717, 1.165) is 24.3 Å². The van der Waals surface area contributed by atoms with Crippen molar-refractivity contribution >= 4 is 40.3 Å². The second kappa shape index (κ2) is 10.1. The number of ether oxygens (including phenoxy) is 1. The molecular weight excluding hydrogens is 485 g/mol. The summed E-state index contributed by atoms with van der Waals surface area (Å²) in [7, 11) is 0. The number of hydrogen-bond acceptors (Lipinski definition) is 6. The predicted octanol–water partition coefficient (Wildman–Crippen LogP) is 4.56. The first-order valence-corrected chi connectivity index (χ1v) is 11.8. The van der Waals surface area contributed by atoms with Gasteiger partial charge in [-0.05, 0) is 54.4 Å². The summed E-state index contributed by atoms with van der Waals surface area (Å²) in [6.07, 6.45) is 1.41. The number of halogens is 2. The first kappa shape index (κ1) is 24.0. The third kappa shape index (κ3) is 4.97. The average molecular weight is 510 g/mol. The molecule has 3 heterocycles. The predicted molar refractivity (Wildman–Crippen MR) is 138 cm³/mol. The van der Waals surface area contributed by atoms with Gasteiger partial charge >= 0.3 is 6.03 Å². The van der Waals surface area contributed by atoms with E-state index in [0.29, 0.717) is 52.9 Å². The van der Waals surface area contributed by atoms with E-state index in [1.165, 1.54) is 18.5 Å². The maximum absolute atomic E-state index is 15.1. The summed E-state index contributed by atoms with van der Waals surface area (Å²) in [6, 6.07) is 11.1. The number of urea groups is 1. The number of hydrogen-bond donors (Lipinski definition) is 3. The molecule has 1 aliphatic rings. The van der Waals surface area contributed by atoms with Crippen LogP contribution >= 0.6 is 11.6 Å². The van der Waals surface area contributed by atoms with Gasteiger partial charge in [0.15, 0.2) is 5.82 Å². The van der Waals surface area contributed by atoms with Crippen LogP contribution in [0.3, 0.4) is 0 Å². The summed E-state index contributed by atoms with van der Waals surface area (Å²) in [5.41, 5.74) is 10.4. The lowest BCUT2D eigenvalue weighted by Crippen LogP contribution is -2.36. The summed E-state index contributed by atoms with van der Waals surface area (Å²) in [5.74, 6) is -0.284. The van der Waals surface area contributed by atoms with Crippen LogP contribution in [0.2, 0.25) is 5.02 Å². The number of fused-ring (bicyclic) bond motifs is 1. The highest BCUT2D eigenvalue weighted by Crippen LogP contribution is 2.33. The first-order valence-electron chi connectivity index (χ1n) is 11.4. The highest BCUT2D eigenvalue weighted by Gasteiger charge is 2.19. The number of nitrogens with zero attached hydrogens (tertiary/aromatic N) is 4. The molecule has 4 aromatic rings. The normalized spacial score (nSPS) is 14.2. The lowest BCUT2D eigenvalue weighted by atomic mass is 10.1. The fraction of sp³-hybridized carbons (Fsp3) is 0.240. The molecule has 0 unspecified atom stereocenters. The number of aromatic nitrogens is 3. The average Bonchev–Trinajstić information content (AvgIpc) is 3.23. The molecule has 11 heteroatoms. The maximum Gasteiger partial charge on any atom is 0.323 e. The number of anilines is 3. The molecule has 0 spiro atoms. The van der Waals surface area contributed by atoms with Crippen molar-refractivity contribution in [2.24, 2.45) is 0 Å². The number of benzene rings is 2. The van der Waals surface area contributed by atoms with E-state index in [9.17, 15) is 4.79 Å². The second-order valence-corrected chi connectivity index (χ2v) is 8.99. The Morgan fingerprint density at radius 2 is 1.97 bits per heavy atom. The van der Waals surface area contributed by atoms with Crippen LogP contribution in [0.25, 0.3) is 16.6 Å². The van der Waals surface area contributed by atoms with Crippen LogP contribution in [0.1, 0.15) is 11.3 Å². The van der Waals surface area contributed by atoms with Gasteiger partial charge in [0.05, 0.1) is 24.6 Å². The Labute approximate surface area is 212 Å². The summed E-state index contributed by atoms with van der Waals surface area (Å²) < 4.78 is 22.3. The highest BCUT2D eigenvalue weighted by molar-refractivity contribution is 6.31. The molecule has 0 aliphatic carbocycles. The Kier molecular flexibility index (Phi) is 6.73. The molecule has 2 aromatic heterocycles. The minimum atomic E-state index is -0.584. The van der Waals surface area contributed by atoms with E-state index in [2.05, 4.69) is 25.6 Å². The van der Waals surface area contributed by atoms with Crippen molar-refractivity contribution in [3.8, 4) is 11.1 Å². The van der Waals surface area contributed by atoms with E-state index in [-0.39, 0.29) is 5.69 Å². The monoisotopic (exact) mass is 509 g/mol. The molecule has 1 fully saturated rings. The maximum atomic E-state index is 15.1. The number of amides is 2. The number of carbonyl (C=O) groups excluding carboxylic acids is 1. The molecule has 5 rings (SSSR count). The molecule has 4 N–H and O–H groups in total. The smallest absolute Gasteiger partial charge is 0.323 e. The zero-order chi connectivity index (χ0) is 25.2. The van der Waals surface area contributed by atoms with Crippen LogP contribution in [-0.4, -0.2) is 51.8 Å². The van der Waals surface area contributed by atoms with Gasteiger partial charge in [0, 0.05) is 35.9 Å². The van der Waals surface area contributed by atoms with Gasteiger partial charge in [-0.3, -0.25) is 4.90 Å². The number of carbonyl (C=O) groups is 1. The number of morpholine rings is 1. The SMILES string of the molecule is Cc1cc(NC(=O)Nc2ccc(-c3cc(CN4CCOCC4)n4ncnc(N)c34)cc2F)ccc1Cl. The number of aryl methyl sites for hydroxylation is 1. The molecule has 1 aliphatic heterocycles. The quantitative estimate of drug-likeness (QED) is 0.364. The van der Waals surface area contributed by atoms with Crippen molar-refractivity contribution in [3.63, 3.8) is 0 Å². The molecule has 2 aromatic carbocycles. The van der Waals surface area contributed by atoms with Crippen LogP contribution in [-0.2, 0) is 11.3 Å². The lowest BCUT2D eigenvalue weighted by Gasteiger charge is -2.26. The van der Waals surface area contributed by atoms with E-state index >= 15 is 4.39 Å². The van der Waals surface area contributed by atoms with E-state index in [4.69, 9.17) is 22.1 Å². The van der Waals surface area contributed by atoms with Crippen LogP contribution in [0.5, 0.6) is 0 Å². The Bertz CT molecular complexity index is 1440. The van der Waals surface area contributed by atoms with E-state index in [1.54, 1.807) is 28.8 Å². The number of nitrogen functional groups attached to an aromatic ring is 1. The number of nitrogens with one attached hydrogen (secondary N) is 2. The molecular formula is C25H25ClFN7O2. The molecule has 186 valence electrons. The summed E-state index contributed by atoms with van der Waals surface area (Å²) in [4.78, 5) is 18.8. The van der Waals surface area contributed by atoms with Gasteiger partial charge < -0.3 is 21.1 Å². The fourth-order valence-electron chi connectivity index (χ4n) is 4.25. The van der Waals surface area contributed by atoms with Gasteiger partial charge in [-0.2, -0.15) is 5.10 Å².